The van der Waals surface area contributed by atoms with Gasteiger partial charge in [0, 0.05) is 19.1 Å². The lowest BCUT2D eigenvalue weighted by Gasteiger charge is -2.22. The van der Waals surface area contributed by atoms with Crippen LogP contribution in [0, 0.1) is 5.92 Å². The minimum Gasteiger partial charge on any atom is -0.392 e. The summed E-state index contributed by atoms with van der Waals surface area (Å²) < 4.78 is 0. The Bertz CT molecular complexity index is 156. The van der Waals surface area contributed by atoms with Crippen LogP contribution in [0.2, 0.25) is 0 Å². The van der Waals surface area contributed by atoms with E-state index in [1.165, 1.54) is 25.8 Å². The van der Waals surface area contributed by atoms with Crippen molar-refractivity contribution in [3.63, 3.8) is 0 Å². The molecular weight excluding hydrogens is 150 g/mol. The second-order valence-corrected chi connectivity index (χ2v) is 4.35. The quantitative estimate of drug-likeness (QED) is 0.687. The molecule has 2 rings (SSSR count). The molecule has 12 heavy (non-hydrogen) atoms. The standard InChI is InChI=1S/C10H19NO/c1-2-9-5-10(12)7-11(9)6-8-3-4-8/h8-10,12H,2-7H2,1H3/t9-,10-/m1/s1. The molecule has 0 spiro atoms. The van der Waals surface area contributed by atoms with Gasteiger partial charge in [-0.05, 0) is 31.6 Å². The third-order valence-corrected chi connectivity index (χ3v) is 3.17. The molecule has 0 aromatic heterocycles. The molecule has 1 N–H and O–H groups in total. The third kappa shape index (κ3) is 1.80. The maximum Gasteiger partial charge on any atom is 0.0682 e. The van der Waals surface area contributed by atoms with E-state index in [-0.39, 0.29) is 6.10 Å². The smallest absolute Gasteiger partial charge is 0.0682 e. The van der Waals surface area contributed by atoms with Crippen LogP contribution in [0.15, 0.2) is 0 Å². The van der Waals surface area contributed by atoms with Crippen molar-refractivity contribution in [3.8, 4) is 0 Å². The first kappa shape index (κ1) is 8.52. The largest absolute Gasteiger partial charge is 0.392 e. The SMILES string of the molecule is CC[C@@H]1C[C@@H](O)CN1CC1CC1. The third-order valence-electron chi connectivity index (χ3n) is 3.17. The van der Waals surface area contributed by atoms with Crippen molar-refractivity contribution in [2.45, 2.75) is 44.8 Å². The fourth-order valence-electron chi connectivity index (χ4n) is 2.24. The number of β-amino-alcohol motifs (C(OH)–C–C–N with tert-alkyl or cyclic N) is 1. The molecule has 1 saturated heterocycles. The summed E-state index contributed by atoms with van der Waals surface area (Å²) in [5.74, 6) is 0.962. The minimum atomic E-state index is -0.0475. The summed E-state index contributed by atoms with van der Waals surface area (Å²) in [5.41, 5.74) is 0. The molecule has 1 aliphatic carbocycles. The maximum absolute atomic E-state index is 9.49. The molecule has 0 unspecified atom stereocenters. The Morgan fingerprint density at radius 1 is 1.42 bits per heavy atom. The van der Waals surface area contributed by atoms with Crippen molar-refractivity contribution in [1.29, 1.82) is 0 Å². The summed E-state index contributed by atoms with van der Waals surface area (Å²) in [6.07, 6.45) is 4.99. The Labute approximate surface area is 74.6 Å². The van der Waals surface area contributed by atoms with Crippen molar-refractivity contribution in [2.24, 2.45) is 5.92 Å². The fourth-order valence-corrected chi connectivity index (χ4v) is 2.24. The number of rotatable bonds is 3. The zero-order valence-corrected chi connectivity index (χ0v) is 7.87. The molecule has 0 amide bonds. The van der Waals surface area contributed by atoms with Gasteiger partial charge >= 0.3 is 0 Å². The predicted molar refractivity (Wildman–Crippen MR) is 49.0 cm³/mol. The van der Waals surface area contributed by atoms with Gasteiger partial charge in [-0.3, -0.25) is 4.90 Å². The van der Waals surface area contributed by atoms with Crippen LogP contribution in [-0.2, 0) is 0 Å². The van der Waals surface area contributed by atoms with Crippen molar-refractivity contribution in [2.75, 3.05) is 13.1 Å². The van der Waals surface area contributed by atoms with Crippen LogP contribution >= 0.6 is 0 Å². The van der Waals surface area contributed by atoms with Crippen molar-refractivity contribution in [1.82, 2.24) is 4.90 Å². The van der Waals surface area contributed by atoms with Gasteiger partial charge < -0.3 is 5.11 Å². The summed E-state index contributed by atoms with van der Waals surface area (Å²) in [4.78, 5) is 2.49. The number of aliphatic hydroxyl groups excluding tert-OH is 1. The Morgan fingerprint density at radius 3 is 2.75 bits per heavy atom. The van der Waals surface area contributed by atoms with E-state index in [2.05, 4.69) is 11.8 Å². The van der Waals surface area contributed by atoms with E-state index < -0.39 is 0 Å². The Kier molecular flexibility index (Phi) is 2.37. The Balaban J connectivity index is 1.84. The van der Waals surface area contributed by atoms with E-state index in [0.717, 1.165) is 18.9 Å². The lowest BCUT2D eigenvalue weighted by atomic mass is 10.1. The van der Waals surface area contributed by atoms with E-state index in [9.17, 15) is 5.11 Å². The maximum atomic E-state index is 9.49. The van der Waals surface area contributed by atoms with Crippen LogP contribution in [0.1, 0.15) is 32.6 Å². The van der Waals surface area contributed by atoms with Gasteiger partial charge in [0.2, 0.25) is 0 Å². The average Bonchev–Trinajstić information content (AvgIpc) is 2.76. The van der Waals surface area contributed by atoms with Crippen molar-refractivity contribution in [3.05, 3.63) is 0 Å². The van der Waals surface area contributed by atoms with Gasteiger partial charge in [0.15, 0.2) is 0 Å². The second-order valence-electron chi connectivity index (χ2n) is 4.35. The van der Waals surface area contributed by atoms with E-state index in [1.807, 2.05) is 0 Å². The first-order chi connectivity index (χ1) is 5.79. The predicted octanol–water partition coefficient (Wildman–Crippen LogP) is 1.24. The topological polar surface area (TPSA) is 23.5 Å². The average molecular weight is 169 g/mol. The zero-order valence-electron chi connectivity index (χ0n) is 7.87. The van der Waals surface area contributed by atoms with Crippen LogP contribution in [-0.4, -0.2) is 35.2 Å². The highest BCUT2D eigenvalue weighted by molar-refractivity contribution is 4.88. The number of hydrogen-bond acceptors (Lipinski definition) is 2. The molecule has 1 heterocycles. The van der Waals surface area contributed by atoms with Gasteiger partial charge in [-0.1, -0.05) is 6.92 Å². The number of nitrogens with zero attached hydrogens (tertiary/aromatic N) is 1. The summed E-state index contributed by atoms with van der Waals surface area (Å²) >= 11 is 0. The lowest BCUT2D eigenvalue weighted by molar-refractivity contribution is 0.172. The van der Waals surface area contributed by atoms with Gasteiger partial charge in [0.05, 0.1) is 6.10 Å². The summed E-state index contributed by atoms with van der Waals surface area (Å²) in [6.45, 7) is 4.40. The lowest BCUT2D eigenvalue weighted by Crippen LogP contribution is -2.31. The highest BCUT2D eigenvalue weighted by atomic mass is 16.3. The molecule has 1 aliphatic heterocycles. The van der Waals surface area contributed by atoms with Crippen LogP contribution in [0.4, 0.5) is 0 Å². The molecule has 2 heteroatoms. The summed E-state index contributed by atoms with van der Waals surface area (Å²) in [5, 5.41) is 9.49. The molecule has 1 saturated carbocycles. The Morgan fingerprint density at radius 2 is 2.17 bits per heavy atom. The minimum absolute atomic E-state index is 0.0475. The zero-order chi connectivity index (χ0) is 8.55. The van der Waals surface area contributed by atoms with Crippen LogP contribution in [0.5, 0.6) is 0 Å². The van der Waals surface area contributed by atoms with E-state index in [4.69, 9.17) is 0 Å². The summed E-state index contributed by atoms with van der Waals surface area (Å²) in [7, 11) is 0. The normalized spacial score (nSPS) is 37.5. The summed E-state index contributed by atoms with van der Waals surface area (Å²) in [6, 6.07) is 0.667. The molecule has 0 bridgehead atoms. The number of likely N-dealkylation sites (tertiary alicyclic amines) is 1. The van der Waals surface area contributed by atoms with Gasteiger partial charge in [0.1, 0.15) is 0 Å². The first-order valence-corrected chi connectivity index (χ1v) is 5.21. The van der Waals surface area contributed by atoms with Crippen LogP contribution < -0.4 is 0 Å². The van der Waals surface area contributed by atoms with Gasteiger partial charge in [-0.25, -0.2) is 0 Å². The van der Waals surface area contributed by atoms with E-state index >= 15 is 0 Å². The molecule has 70 valence electrons. The molecule has 0 aromatic rings. The van der Waals surface area contributed by atoms with Gasteiger partial charge in [-0.2, -0.15) is 0 Å². The van der Waals surface area contributed by atoms with Crippen molar-refractivity contribution >= 4 is 0 Å². The molecule has 2 fully saturated rings. The molecule has 2 atom stereocenters. The van der Waals surface area contributed by atoms with Gasteiger partial charge in [0.25, 0.3) is 0 Å². The monoisotopic (exact) mass is 169 g/mol. The van der Waals surface area contributed by atoms with Crippen LogP contribution in [0.25, 0.3) is 0 Å². The highest BCUT2D eigenvalue weighted by Crippen LogP contribution is 2.32. The molecule has 0 radical (unpaired) electrons. The molecular formula is C10H19NO. The molecule has 2 aliphatic rings. The number of aliphatic hydroxyl groups is 1. The van der Waals surface area contributed by atoms with E-state index in [0.29, 0.717) is 6.04 Å². The second kappa shape index (κ2) is 3.35. The van der Waals surface area contributed by atoms with Crippen molar-refractivity contribution < 1.29 is 5.11 Å². The highest BCUT2D eigenvalue weighted by Gasteiger charge is 2.33. The molecule has 0 aromatic carbocycles. The van der Waals surface area contributed by atoms with Crippen LogP contribution in [0.3, 0.4) is 0 Å². The first-order valence-electron chi connectivity index (χ1n) is 5.21. The van der Waals surface area contributed by atoms with E-state index in [1.54, 1.807) is 0 Å². The molecule has 2 nitrogen and oxygen atoms in total. The van der Waals surface area contributed by atoms with Gasteiger partial charge in [-0.15, -0.1) is 0 Å². The fraction of sp³-hybridized carbons (Fsp3) is 1.00. The Hall–Kier alpha value is -0.0800. The number of hydrogen-bond donors (Lipinski definition) is 1.